The molecule has 2 heterocycles. The van der Waals surface area contributed by atoms with Crippen LogP contribution in [0.5, 0.6) is 0 Å². The molecule has 1 aliphatic heterocycles. The van der Waals surface area contributed by atoms with Crippen molar-refractivity contribution in [2.45, 2.75) is 32.7 Å². The van der Waals surface area contributed by atoms with Crippen LogP contribution in [0.2, 0.25) is 5.02 Å². The predicted octanol–water partition coefficient (Wildman–Crippen LogP) is 5.67. The van der Waals surface area contributed by atoms with E-state index in [0.29, 0.717) is 11.6 Å². The maximum atomic E-state index is 12.9. The first-order valence-electron chi connectivity index (χ1n) is 9.01. The molecule has 1 aromatic heterocycles. The number of benzene rings is 2. The molecule has 134 valence electrons. The smallest absolute Gasteiger partial charge is 0.322 e. The van der Waals surface area contributed by atoms with Crippen LogP contribution in [0.4, 0.5) is 10.5 Å². The fourth-order valence-electron chi connectivity index (χ4n) is 3.85. The minimum Gasteiger partial charge on any atom is -0.356 e. The predicted molar refractivity (Wildman–Crippen MR) is 107 cm³/mol. The van der Waals surface area contributed by atoms with Gasteiger partial charge >= 0.3 is 6.03 Å². The topological polar surface area (TPSA) is 48.1 Å². The van der Waals surface area contributed by atoms with E-state index in [-0.39, 0.29) is 12.1 Å². The van der Waals surface area contributed by atoms with Gasteiger partial charge in [-0.1, -0.05) is 42.8 Å². The zero-order valence-corrected chi connectivity index (χ0v) is 15.7. The molecule has 0 aliphatic carbocycles. The van der Waals surface area contributed by atoms with Crippen molar-refractivity contribution in [1.82, 2.24) is 9.88 Å². The standard InChI is InChI=1S/C21H22ClN3O/c1-3-19-20-16(15-6-4-5-7-18(15)24-20)10-11-25(19)21(26)23-14-9-8-13(2)17(22)12-14/h4-9,12,19,24H,3,10-11H2,1-2H3,(H,23,26)/t19-/m1/s1. The molecule has 1 atom stereocenters. The molecule has 2 aromatic carbocycles. The Kier molecular flexibility index (Phi) is 4.37. The van der Waals surface area contributed by atoms with Gasteiger partial charge in [0.05, 0.1) is 6.04 Å². The summed E-state index contributed by atoms with van der Waals surface area (Å²) in [5.74, 6) is 0. The van der Waals surface area contributed by atoms with E-state index in [1.165, 1.54) is 10.9 Å². The largest absolute Gasteiger partial charge is 0.356 e. The van der Waals surface area contributed by atoms with Crippen LogP contribution in [-0.2, 0) is 6.42 Å². The molecule has 2 N–H and O–H groups in total. The molecule has 4 rings (SSSR count). The maximum Gasteiger partial charge on any atom is 0.322 e. The summed E-state index contributed by atoms with van der Waals surface area (Å²) >= 11 is 6.18. The molecule has 0 saturated carbocycles. The van der Waals surface area contributed by atoms with Gasteiger partial charge in [0.15, 0.2) is 0 Å². The van der Waals surface area contributed by atoms with Gasteiger partial charge < -0.3 is 15.2 Å². The SMILES string of the molecule is CC[C@@H]1c2[nH]c3ccccc3c2CCN1C(=O)Nc1ccc(C)c(Cl)c1. The van der Waals surface area contributed by atoms with Crippen molar-refractivity contribution in [3.05, 3.63) is 64.3 Å². The Morgan fingerprint density at radius 3 is 2.88 bits per heavy atom. The van der Waals surface area contributed by atoms with Crippen LogP contribution in [0.1, 0.15) is 36.2 Å². The normalized spacial score (nSPS) is 16.6. The summed E-state index contributed by atoms with van der Waals surface area (Å²) in [5.41, 5.74) is 5.37. The lowest BCUT2D eigenvalue weighted by molar-refractivity contribution is 0.179. The van der Waals surface area contributed by atoms with E-state index < -0.39 is 0 Å². The number of aryl methyl sites for hydroxylation is 1. The van der Waals surface area contributed by atoms with Crippen LogP contribution in [0.25, 0.3) is 10.9 Å². The number of amides is 2. The van der Waals surface area contributed by atoms with Crippen LogP contribution in [0.15, 0.2) is 42.5 Å². The Bertz CT molecular complexity index is 979. The molecular formula is C21H22ClN3O. The third-order valence-corrected chi connectivity index (χ3v) is 5.64. The van der Waals surface area contributed by atoms with Crippen LogP contribution in [0, 0.1) is 6.92 Å². The summed E-state index contributed by atoms with van der Waals surface area (Å²) in [6.45, 7) is 4.77. The Labute approximate surface area is 158 Å². The number of para-hydroxylation sites is 1. The molecule has 2 amide bonds. The molecule has 0 saturated heterocycles. The number of H-pyrrole nitrogens is 1. The van der Waals surface area contributed by atoms with Gasteiger partial charge in [-0.3, -0.25) is 0 Å². The zero-order chi connectivity index (χ0) is 18.3. The summed E-state index contributed by atoms with van der Waals surface area (Å²) in [4.78, 5) is 18.4. The summed E-state index contributed by atoms with van der Waals surface area (Å²) < 4.78 is 0. The second kappa shape index (κ2) is 6.69. The Morgan fingerprint density at radius 1 is 1.31 bits per heavy atom. The average molecular weight is 368 g/mol. The number of hydrogen-bond donors (Lipinski definition) is 2. The van der Waals surface area contributed by atoms with E-state index in [2.05, 4.69) is 35.4 Å². The molecule has 0 bridgehead atoms. The van der Waals surface area contributed by atoms with Gasteiger partial charge in [0.2, 0.25) is 0 Å². The van der Waals surface area contributed by atoms with Gasteiger partial charge in [0.25, 0.3) is 0 Å². The van der Waals surface area contributed by atoms with Gasteiger partial charge in [0.1, 0.15) is 0 Å². The van der Waals surface area contributed by atoms with Crippen LogP contribution in [-0.4, -0.2) is 22.5 Å². The third-order valence-electron chi connectivity index (χ3n) is 5.23. The monoisotopic (exact) mass is 367 g/mol. The van der Waals surface area contributed by atoms with Gasteiger partial charge in [-0.25, -0.2) is 4.79 Å². The number of halogens is 1. The Morgan fingerprint density at radius 2 is 2.12 bits per heavy atom. The number of urea groups is 1. The number of fused-ring (bicyclic) bond motifs is 3. The van der Waals surface area contributed by atoms with Crippen LogP contribution >= 0.6 is 11.6 Å². The van der Waals surface area contributed by atoms with Crippen molar-refractivity contribution in [2.24, 2.45) is 0 Å². The number of hydrogen-bond acceptors (Lipinski definition) is 1. The first kappa shape index (κ1) is 17.0. The number of carbonyl (C=O) groups is 1. The number of nitrogens with zero attached hydrogens (tertiary/aromatic N) is 1. The minimum absolute atomic E-state index is 0.0482. The zero-order valence-electron chi connectivity index (χ0n) is 15.0. The number of aromatic nitrogens is 1. The van der Waals surface area contributed by atoms with E-state index in [4.69, 9.17) is 11.6 Å². The highest BCUT2D eigenvalue weighted by molar-refractivity contribution is 6.31. The fourth-order valence-corrected chi connectivity index (χ4v) is 4.03. The molecule has 1 aliphatic rings. The van der Waals surface area contributed by atoms with E-state index in [1.807, 2.05) is 30.0 Å². The van der Waals surface area contributed by atoms with Crippen molar-refractivity contribution >= 4 is 34.2 Å². The number of carbonyl (C=O) groups excluding carboxylic acids is 1. The number of aromatic amines is 1. The highest BCUT2D eigenvalue weighted by Crippen LogP contribution is 2.36. The number of anilines is 1. The van der Waals surface area contributed by atoms with Crippen molar-refractivity contribution in [2.75, 3.05) is 11.9 Å². The van der Waals surface area contributed by atoms with E-state index in [9.17, 15) is 4.79 Å². The molecule has 0 fully saturated rings. The maximum absolute atomic E-state index is 12.9. The molecule has 5 heteroatoms. The van der Waals surface area contributed by atoms with Gasteiger partial charge in [-0.15, -0.1) is 0 Å². The fraction of sp³-hybridized carbons (Fsp3) is 0.286. The lowest BCUT2D eigenvalue weighted by atomic mass is 9.96. The van der Waals surface area contributed by atoms with Crippen molar-refractivity contribution < 1.29 is 4.79 Å². The summed E-state index contributed by atoms with van der Waals surface area (Å²) in [6.07, 6.45) is 1.72. The van der Waals surface area contributed by atoms with Crippen LogP contribution < -0.4 is 5.32 Å². The Hall–Kier alpha value is -2.46. The first-order chi connectivity index (χ1) is 12.6. The number of nitrogens with one attached hydrogen (secondary N) is 2. The lowest BCUT2D eigenvalue weighted by Crippen LogP contribution is -2.42. The second-order valence-corrected chi connectivity index (χ2v) is 7.23. The van der Waals surface area contributed by atoms with Crippen molar-refractivity contribution in [3.63, 3.8) is 0 Å². The quantitative estimate of drug-likeness (QED) is 0.602. The number of rotatable bonds is 2. The molecular weight excluding hydrogens is 346 g/mol. The average Bonchev–Trinajstić information content (AvgIpc) is 3.02. The molecule has 4 nitrogen and oxygen atoms in total. The molecule has 0 radical (unpaired) electrons. The summed E-state index contributed by atoms with van der Waals surface area (Å²) in [6, 6.07) is 13.9. The summed E-state index contributed by atoms with van der Waals surface area (Å²) in [5, 5.41) is 4.93. The van der Waals surface area contributed by atoms with Gasteiger partial charge in [0, 0.05) is 33.9 Å². The molecule has 0 spiro atoms. The van der Waals surface area contributed by atoms with E-state index in [0.717, 1.165) is 35.3 Å². The highest BCUT2D eigenvalue weighted by Gasteiger charge is 2.32. The molecule has 26 heavy (non-hydrogen) atoms. The second-order valence-electron chi connectivity index (χ2n) is 6.82. The van der Waals surface area contributed by atoms with E-state index >= 15 is 0 Å². The molecule has 0 unspecified atom stereocenters. The lowest BCUT2D eigenvalue weighted by Gasteiger charge is -2.35. The third kappa shape index (κ3) is 2.84. The van der Waals surface area contributed by atoms with E-state index in [1.54, 1.807) is 6.07 Å². The molecule has 3 aromatic rings. The van der Waals surface area contributed by atoms with Crippen molar-refractivity contribution in [1.29, 1.82) is 0 Å². The van der Waals surface area contributed by atoms with Gasteiger partial charge in [-0.2, -0.15) is 0 Å². The first-order valence-corrected chi connectivity index (χ1v) is 9.39. The van der Waals surface area contributed by atoms with Crippen molar-refractivity contribution in [3.8, 4) is 0 Å². The highest BCUT2D eigenvalue weighted by atomic mass is 35.5. The van der Waals surface area contributed by atoms with Crippen LogP contribution in [0.3, 0.4) is 0 Å². The van der Waals surface area contributed by atoms with Gasteiger partial charge in [-0.05, 0) is 49.1 Å². The summed E-state index contributed by atoms with van der Waals surface area (Å²) in [7, 11) is 0. The Balaban J connectivity index is 1.62. The minimum atomic E-state index is -0.0823.